The number of phenols is 1. The van der Waals surface area contributed by atoms with Crippen LogP contribution in [0.15, 0.2) is 30.3 Å². The normalized spacial score (nSPS) is 12.3. The molecule has 2 heteroatoms. The molecule has 0 aliphatic rings. The van der Waals surface area contributed by atoms with Gasteiger partial charge in [-0.15, -0.1) is 0 Å². The molecule has 2 aromatic carbocycles. The average Bonchev–Trinajstić information content (AvgIpc) is 2.45. The van der Waals surface area contributed by atoms with Crippen LogP contribution in [-0.2, 0) is 17.4 Å². The maximum Gasteiger partial charge on any atom is 0.124 e. The largest absolute Gasteiger partial charge is 0.507 e. The number of para-hydroxylation sites is 1. The van der Waals surface area contributed by atoms with Gasteiger partial charge in [0.1, 0.15) is 5.75 Å². The Labute approximate surface area is 153 Å². The molecule has 0 radical (unpaired) electrons. The van der Waals surface area contributed by atoms with Crippen molar-refractivity contribution in [1.29, 1.82) is 0 Å². The van der Waals surface area contributed by atoms with Crippen LogP contribution in [0.2, 0.25) is 0 Å². The second kappa shape index (κ2) is 6.74. The van der Waals surface area contributed by atoms with E-state index in [0.717, 1.165) is 16.8 Å². The van der Waals surface area contributed by atoms with E-state index in [9.17, 15) is 5.11 Å². The molecule has 136 valence electrons. The number of benzene rings is 2. The van der Waals surface area contributed by atoms with Gasteiger partial charge in [0, 0.05) is 17.8 Å². The molecular weight excluding hydrogens is 306 g/mol. The molecule has 0 saturated carbocycles. The lowest BCUT2D eigenvalue weighted by molar-refractivity contribution is 0.439. The summed E-state index contributed by atoms with van der Waals surface area (Å²) in [7, 11) is 0. The third-order valence-corrected chi connectivity index (χ3v) is 4.80. The van der Waals surface area contributed by atoms with Gasteiger partial charge in [-0.1, -0.05) is 65.8 Å². The predicted octanol–water partition coefficient (Wildman–Crippen LogP) is 6.22. The highest BCUT2D eigenvalue weighted by Gasteiger charge is 2.24. The summed E-state index contributed by atoms with van der Waals surface area (Å²) in [6, 6.07) is 10.6. The summed E-state index contributed by atoms with van der Waals surface area (Å²) >= 11 is 0. The minimum atomic E-state index is -0.0985. The Balaban J connectivity index is 2.46. The highest BCUT2D eigenvalue weighted by Crippen LogP contribution is 2.38. The van der Waals surface area contributed by atoms with Crippen LogP contribution in [0.4, 0.5) is 5.69 Å². The number of hydrogen-bond acceptors (Lipinski definition) is 2. The molecule has 2 aromatic rings. The van der Waals surface area contributed by atoms with Crippen LogP contribution in [0.5, 0.6) is 5.75 Å². The van der Waals surface area contributed by atoms with E-state index in [1.54, 1.807) is 0 Å². The molecule has 0 amide bonds. The Morgan fingerprint density at radius 2 is 1.44 bits per heavy atom. The number of aromatic hydroxyl groups is 1. The van der Waals surface area contributed by atoms with E-state index < -0.39 is 0 Å². The maximum atomic E-state index is 10.9. The van der Waals surface area contributed by atoms with Crippen molar-refractivity contribution in [2.45, 2.75) is 72.8 Å². The molecule has 25 heavy (non-hydrogen) atoms. The van der Waals surface area contributed by atoms with E-state index in [0.29, 0.717) is 12.3 Å². The molecule has 2 rings (SSSR count). The van der Waals surface area contributed by atoms with Crippen LogP contribution in [0.25, 0.3) is 0 Å². The van der Waals surface area contributed by atoms with Gasteiger partial charge >= 0.3 is 0 Å². The monoisotopic (exact) mass is 339 g/mol. The van der Waals surface area contributed by atoms with Gasteiger partial charge in [0.25, 0.3) is 0 Å². The summed E-state index contributed by atoms with van der Waals surface area (Å²) in [5, 5.41) is 14.4. The molecule has 0 aliphatic heterocycles. The quantitative estimate of drug-likeness (QED) is 0.696. The van der Waals surface area contributed by atoms with Crippen molar-refractivity contribution in [2.24, 2.45) is 0 Å². The first kappa shape index (κ1) is 19.4. The third-order valence-electron chi connectivity index (χ3n) is 4.80. The second-order valence-electron chi connectivity index (χ2n) is 9.15. The standard InChI is InChI=1S/C23H33NO/c1-15-10-9-11-16(2)20(15)24-14-17-12-18(22(3,4)5)13-19(21(17)25)23(6,7)8/h9-13,24-25H,14H2,1-8H3. The lowest BCUT2D eigenvalue weighted by atomic mass is 9.79. The smallest absolute Gasteiger partial charge is 0.124 e. The van der Waals surface area contributed by atoms with Gasteiger partial charge in [0.15, 0.2) is 0 Å². The van der Waals surface area contributed by atoms with E-state index in [4.69, 9.17) is 0 Å². The van der Waals surface area contributed by atoms with Crippen molar-refractivity contribution >= 4 is 5.69 Å². The Morgan fingerprint density at radius 1 is 0.880 bits per heavy atom. The van der Waals surface area contributed by atoms with Gasteiger partial charge in [0.05, 0.1) is 0 Å². The van der Waals surface area contributed by atoms with Crippen LogP contribution >= 0.6 is 0 Å². The van der Waals surface area contributed by atoms with E-state index in [2.05, 4.69) is 91.0 Å². The molecule has 2 nitrogen and oxygen atoms in total. The van der Waals surface area contributed by atoms with Crippen molar-refractivity contribution in [3.8, 4) is 5.75 Å². The summed E-state index contributed by atoms with van der Waals surface area (Å²) in [6.07, 6.45) is 0. The second-order valence-corrected chi connectivity index (χ2v) is 9.15. The van der Waals surface area contributed by atoms with Gasteiger partial charge in [-0.2, -0.15) is 0 Å². The first-order chi connectivity index (χ1) is 11.4. The van der Waals surface area contributed by atoms with Crippen LogP contribution in [0.1, 0.15) is 69.4 Å². The van der Waals surface area contributed by atoms with Crippen molar-refractivity contribution in [3.05, 3.63) is 58.1 Å². The van der Waals surface area contributed by atoms with Crippen LogP contribution < -0.4 is 5.32 Å². The first-order valence-corrected chi connectivity index (χ1v) is 9.08. The van der Waals surface area contributed by atoms with Crippen molar-refractivity contribution in [2.75, 3.05) is 5.32 Å². The third kappa shape index (κ3) is 4.36. The number of nitrogens with one attached hydrogen (secondary N) is 1. The molecular formula is C23H33NO. The number of aryl methyl sites for hydroxylation is 2. The number of anilines is 1. The Bertz CT molecular complexity index is 741. The topological polar surface area (TPSA) is 32.3 Å². The fourth-order valence-electron chi connectivity index (χ4n) is 3.11. The number of rotatable bonds is 3. The lowest BCUT2D eigenvalue weighted by Gasteiger charge is -2.28. The molecule has 0 bridgehead atoms. The van der Waals surface area contributed by atoms with Crippen molar-refractivity contribution in [3.63, 3.8) is 0 Å². The SMILES string of the molecule is Cc1cccc(C)c1NCc1cc(C(C)(C)C)cc(C(C)(C)C)c1O. The zero-order valence-electron chi connectivity index (χ0n) is 17.0. The molecule has 0 aliphatic carbocycles. The first-order valence-electron chi connectivity index (χ1n) is 9.08. The van der Waals surface area contributed by atoms with Crippen molar-refractivity contribution < 1.29 is 5.11 Å². The van der Waals surface area contributed by atoms with Crippen LogP contribution in [0.3, 0.4) is 0 Å². The highest BCUT2D eigenvalue weighted by atomic mass is 16.3. The van der Waals surface area contributed by atoms with Gasteiger partial charge < -0.3 is 10.4 Å². The molecule has 0 atom stereocenters. The minimum absolute atomic E-state index is 0.0427. The average molecular weight is 340 g/mol. The number of phenolic OH excluding ortho intramolecular Hbond substituents is 1. The summed E-state index contributed by atoms with van der Waals surface area (Å²) in [4.78, 5) is 0. The predicted molar refractivity (Wildman–Crippen MR) is 109 cm³/mol. The highest BCUT2D eigenvalue weighted by molar-refractivity contribution is 5.58. The Kier molecular flexibility index (Phi) is 5.22. The minimum Gasteiger partial charge on any atom is -0.507 e. The summed E-state index contributed by atoms with van der Waals surface area (Å²) in [6.45, 7) is 17.9. The zero-order valence-corrected chi connectivity index (χ0v) is 17.0. The lowest BCUT2D eigenvalue weighted by Crippen LogP contribution is -2.18. The van der Waals surface area contributed by atoms with E-state index >= 15 is 0 Å². The molecule has 2 N–H and O–H groups in total. The molecule has 0 unspecified atom stereocenters. The van der Waals surface area contributed by atoms with Crippen LogP contribution in [0, 0.1) is 13.8 Å². The van der Waals surface area contributed by atoms with Crippen LogP contribution in [-0.4, -0.2) is 5.11 Å². The van der Waals surface area contributed by atoms with Crippen molar-refractivity contribution in [1.82, 2.24) is 0 Å². The summed E-state index contributed by atoms with van der Waals surface area (Å²) < 4.78 is 0. The van der Waals surface area contributed by atoms with Gasteiger partial charge in [-0.3, -0.25) is 0 Å². The van der Waals surface area contributed by atoms with Gasteiger partial charge in [0.2, 0.25) is 0 Å². The van der Waals surface area contributed by atoms with E-state index in [-0.39, 0.29) is 10.8 Å². The number of hydrogen-bond donors (Lipinski definition) is 2. The van der Waals surface area contributed by atoms with E-state index in [1.165, 1.54) is 16.7 Å². The summed E-state index contributed by atoms with van der Waals surface area (Å²) in [5.74, 6) is 0.416. The Morgan fingerprint density at radius 3 is 1.92 bits per heavy atom. The van der Waals surface area contributed by atoms with E-state index in [1.807, 2.05) is 0 Å². The summed E-state index contributed by atoms with van der Waals surface area (Å²) in [5.41, 5.74) is 6.77. The molecule has 0 fully saturated rings. The fraction of sp³-hybridized carbons (Fsp3) is 0.478. The fourth-order valence-corrected chi connectivity index (χ4v) is 3.11. The molecule has 0 saturated heterocycles. The van der Waals surface area contributed by atoms with Gasteiger partial charge in [-0.05, 0) is 53.0 Å². The Hall–Kier alpha value is -1.96. The van der Waals surface area contributed by atoms with Gasteiger partial charge in [-0.25, -0.2) is 0 Å². The zero-order chi connectivity index (χ0) is 19.0. The molecule has 0 spiro atoms. The molecule has 0 aromatic heterocycles. The molecule has 0 heterocycles. The maximum absolute atomic E-state index is 10.9.